The van der Waals surface area contributed by atoms with Gasteiger partial charge in [0.2, 0.25) is 5.91 Å². The van der Waals surface area contributed by atoms with Crippen molar-refractivity contribution in [2.45, 2.75) is 23.9 Å². The number of hydrogen-bond acceptors (Lipinski definition) is 5. The molecule has 2 unspecified atom stereocenters. The summed E-state index contributed by atoms with van der Waals surface area (Å²) in [7, 11) is 3.44. The molecule has 20 heavy (non-hydrogen) atoms. The number of piperidine rings is 1. The van der Waals surface area contributed by atoms with Crippen molar-refractivity contribution in [2.24, 2.45) is 5.73 Å². The van der Waals surface area contributed by atoms with E-state index in [1.54, 1.807) is 14.1 Å². The Hall–Kier alpha value is -2.03. The van der Waals surface area contributed by atoms with Gasteiger partial charge in [0, 0.05) is 21.5 Å². The van der Waals surface area contributed by atoms with Crippen molar-refractivity contribution in [2.75, 3.05) is 27.2 Å². The Morgan fingerprint density at radius 2 is 1.90 bits per heavy atom. The number of primary amides is 1. The van der Waals surface area contributed by atoms with Crippen molar-refractivity contribution in [1.29, 1.82) is 0 Å². The minimum absolute atomic E-state index is 0.00986. The van der Waals surface area contributed by atoms with Gasteiger partial charge in [-0.05, 0) is 0 Å². The smallest absolute Gasteiger partial charge is 0.295 e. The number of likely N-dealkylation sites (N-methyl/N-ethyl adjacent to an activating group) is 1. The lowest BCUT2D eigenvalue weighted by Gasteiger charge is -2.47. The number of quaternary nitrogens is 1. The minimum Gasteiger partial charge on any atom is -0.366 e. The zero-order valence-electron chi connectivity index (χ0n) is 11.4. The first-order valence-corrected chi connectivity index (χ1v) is 6.15. The maximum atomic E-state index is 11.5. The summed E-state index contributed by atoms with van der Waals surface area (Å²) in [6, 6.07) is 0. The molecular weight excluding hydrogens is 268 g/mol. The zero-order chi connectivity index (χ0) is 15.3. The number of rotatable bonds is 3. The number of amides is 1. The van der Waals surface area contributed by atoms with E-state index in [-0.39, 0.29) is 36.0 Å². The van der Waals surface area contributed by atoms with Crippen LogP contribution >= 0.6 is 0 Å². The SMILES string of the molecule is C[N+]1(C)CC2([N+](=O)[O-])C=C(C(N)=O)CC([N+](=O)[O-])(C2)C1. The number of carbonyl (C=O) groups is 1. The molecule has 1 heterocycles. The molecule has 1 amide bonds. The molecule has 1 saturated heterocycles. The van der Waals surface area contributed by atoms with Crippen LogP contribution in [0.4, 0.5) is 0 Å². The highest BCUT2D eigenvalue weighted by Gasteiger charge is 2.68. The standard InChI is InChI=1S/C11H16N4O5/c1-15(2)6-10(13(17)18)3-8(9(12)16)4-11(5-10,7-15)14(19)20/h3H,4-7H2,1-2H3,(H-,12,16)/p+1. The molecule has 0 aromatic rings. The van der Waals surface area contributed by atoms with E-state index < -0.39 is 26.8 Å². The van der Waals surface area contributed by atoms with Gasteiger partial charge < -0.3 is 10.2 Å². The molecule has 2 atom stereocenters. The maximum absolute atomic E-state index is 11.5. The second-order valence-electron chi connectivity index (χ2n) is 6.48. The summed E-state index contributed by atoms with van der Waals surface area (Å²) in [5.74, 6) is -0.825. The van der Waals surface area contributed by atoms with Crippen LogP contribution in [0.3, 0.4) is 0 Å². The van der Waals surface area contributed by atoms with E-state index >= 15 is 0 Å². The maximum Gasteiger partial charge on any atom is 0.295 e. The average molecular weight is 285 g/mol. The highest BCUT2D eigenvalue weighted by molar-refractivity contribution is 5.92. The summed E-state index contributed by atoms with van der Waals surface area (Å²) in [5.41, 5.74) is 2.08. The Kier molecular flexibility index (Phi) is 2.86. The second-order valence-corrected chi connectivity index (χ2v) is 6.48. The Balaban J connectivity index is 2.64. The fraction of sp³-hybridized carbons (Fsp3) is 0.727. The number of likely N-dealkylation sites (tertiary alicyclic amines) is 1. The van der Waals surface area contributed by atoms with E-state index in [0.717, 1.165) is 0 Å². The van der Waals surface area contributed by atoms with Crippen molar-refractivity contribution in [3.05, 3.63) is 31.9 Å². The summed E-state index contributed by atoms with van der Waals surface area (Å²) in [5, 5.41) is 23.0. The first-order valence-electron chi connectivity index (χ1n) is 6.15. The van der Waals surface area contributed by atoms with Gasteiger partial charge in [-0.1, -0.05) is 0 Å². The molecule has 0 radical (unpaired) electrons. The third-order valence-corrected chi connectivity index (χ3v) is 4.09. The molecule has 1 aliphatic heterocycles. The lowest BCUT2D eigenvalue weighted by Crippen LogP contribution is -2.71. The monoisotopic (exact) mass is 285 g/mol. The van der Waals surface area contributed by atoms with Gasteiger partial charge in [-0.3, -0.25) is 25.0 Å². The van der Waals surface area contributed by atoms with Crippen LogP contribution in [0.1, 0.15) is 12.8 Å². The van der Waals surface area contributed by atoms with Crippen LogP contribution in [0.25, 0.3) is 0 Å². The Bertz CT molecular complexity index is 543. The van der Waals surface area contributed by atoms with Gasteiger partial charge in [0.1, 0.15) is 6.42 Å². The topological polar surface area (TPSA) is 129 Å². The van der Waals surface area contributed by atoms with Crippen molar-refractivity contribution < 1.29 is 19.1 Å². The van der Waals surface area contributed by atoms with E-state index in [9.17, 15) is 25.0 Å². The average Bonchev–Trinajstić information content (AvgIpc) is 2.25. The van der Waals surface area contributed by atoms with E-state index in [4.69, 9.17) is 5.73 Å². The van der Waals surface area contributed by atoms with Gasteiger partial charge in [-0.25, -0.2) is 0 Å². The third-order valence-electron chi connectivity index (χ3n) is 4.09. The van der Waals surface area contributed by atoms with E-state index in [2.05, 4.69) is 0 Å². The Labute approximate surface area is 114 Å². The molecule has 2 bridgehead atoms. The molecule has 9 heteroatoms. The van der Waals surface area contributed by atoms with Gasteiger partial charge in [0.05, 0.1) is 20.5 Å². The van der Waals surface area contributed by atoms with Crippen LogP contribution in [0, 0.1) is 20.2 Å². The summed E-state index contributed by atoms with van der Waals surface area (Å²) in [6.07, 6.45) is 0.890. The molecule has 1 fully saturated rings. The minimum atomic E-state index is -1.60. The molecule has 2 N–H and O–H groups in total. The van der Waals surface area contributed by atoms with Crippen molar-refractivity contribution >= 4 is 5.91 Å². The molecule has 0 aromatic carbocycles. The molecule has 1 aliphatic carbocycles. The number of nitrogens with two attached hydrogens (primary N) is 1. The predicted molar refractivity (Wildman–Crippen MR) is 67.8 cm³/mol. The van der Waals surface area contributed by atoms with Gasteiger partial charge in [-0.2, -0.15) is 0 Å². The van der Waals surface area contributed by atoms with Gasteiger partial charge in [-0.15, -0.1) is 0 Å². The summed E-state index contributed by atoms with van der Waals surface area (Å²) >= 11 is 0. The summed E-state index contributed by atoms with van der Waals surface area (Å²) in [4.78, 5) is 33.4. The second kappa shape index (κ2) is 3.98. The fourth-order valence-corrected chi connectivity index (χ4v) is 3.74. The molecule has 2 aliphatic rings. The molecule has 0 saturated carbocycles. The van der Waals surface area contributed by atoms with E-state index in [0.29, 0.717) is 0 Å². The molecule has 0 aromatic heterocycles. The van der Waals surface area contributed by atoms with Gasteiger partial charge in [0.15, 0.2) is 13.1 Å². The van der Waals surface area contributed by atoms with E-state index in [1.807, 2.05) is 0 Å². The largest absolute Gasteiger partial charge is 0.366 e. The molecule has 0 spiro atoms. The molecule has 9 nitrogen and oxygen atoms in total. The van der Waals surface area contributed by atoms with Crippen LogP contribution in [0.5, 0.6) is 0 Å². The van der Waals surface area contributed by atoms with Crippen LogP contribution < -0.4 is 5.73 Å². The molecular formula is C11H17N4O5+. The van der Waals surface area contributed by atoms with Crippen LogP contribution in [0.15, 0.2) is 11.6 Å². The first-order chi connectivity index (χ1) is 9.02. The number of fused-ring (bicyclic) bond motifs is 2. The van der Waals surface area contributed by atoms with Gasteiger partial charge in [0.25, 0.3) is 11.1 Å². The van der Waals surface area contributed by atoms with Crippen LogP contribution in [0.2, 0.25) is 0 Å². The van der Waals surface area contributed by atoms with Crippen LogP contribution in [-0.2, 0) is 4.79 Å². The normalized spacial score (nSPS) is 35.0. The number of nitro groups is 2. The highest BCUT2D eigenvalue weighted by atomic mass is 16.6. The number of carbonyl (C=O) groups excluding carboxylic acids is 1. The van der Waals surface area contributed by atoms with Gasteiger partial charge >= 0.3 is 0 Å². The Morgan fingerprint density at radius 3 is 2.35 bits per heavy atom. The number of hydrogen-bond donors (Lipinski definition) is 1. The summed E-state index contributed by atoms with van der Waals surface area (Å²) < 4.78 is 0.157. The van der Waals surface area contributed by atoms with E-state index in [1.165, 1.54) is 6.08 Å². The predicted octanol–water partition coefficient (Wildman–Crippen LogP) is -0.687. The lowest BCUT2D eigenvalue weighted by atomic mass is 9.68. The third kappa shape index (κ3) is 2.03. The fourth-order valence-electron chi connectivity index (χ4n) is 3.74. The lowest BCUT2D eigenvalue weighted by molar-refractivity contribution is -0.933. The first kappa shape index (κ1) is 14.4. The van der Waals surface area contributed by atoms with Crippen molar-refractivity contribution in [3.8, 4) is 0 Å². The number of nitrogens with zero attached hydrogens (tertiary/aromatic N) is 3. The Morgan fingerprint density at radius 1 is 1.30 bits per heavy atom. The van der Waals surface area contributed by atoms with Crippen molar-refractivity contribution in [1.82, 2.24) is 0 Å². The zero-order valence-corrected chi connectivity index (χ0v) is 11.4. The van der Waals surface area contributed by atoms with Crippen molar-refractivity contribution in [3.63, 3.8) is 0 Å². The highest BCUT2D eigenvalue weighted by Crippen LogP contribution is 2.44. The molecule has 110 valence electrons. The van der Waals surface area contributed by atoms with Crippen LogP contribution in [-0.4, -0.2) is 58.5 Å². The quantitative estimate of drug-likeness (QED) is 0.417. The summed E-state index contributed by atoms with van der Waals surface area (Å²) in [6.45, 7) is 0.243. The molecule has 2 rings (SSSR count).